The Hall–Kier alpha value is -4.46. The second-order valence-corrected chi connectivity index (χ2v) is 8.23. The fourth-order valence-electron chi connectivity index (χ4n) is 4.30. The summed E-state index contributed by atoms with van der Waals surface area (Å²) in [5.41, 5.74) is 3.83. The summed E-state index contributed by atoms with van der Waals surface area (Å²) >= 11 is 0. The van der Waals surface area contributed by atoms with Crippen molar-refractivity contribution < 1.29 is 23.8 Å². The molecule has 2 amide bonds. The average Bonchev–Trinajstić information content (AvgIpc) is 3.28. The van der Waals surface area contributed by atoms with Crippen LogP contribution in [0.15, 0.2) is 66.9 Å². The van der Waals surface area contributed by atoms with Crippen LogP contribution in [0.25, 0.3) is 22.0 Å². The maximum atomic E-state index is 13.2. The number of aromatic amines is 1. The summed E-state index contributed by atoms with van der Waals surface area (Å²) < 4.78 is 16.6. The lowest BCUT2D eigenvalue weighted by atomic mass is 10.0. The van der Waals surface area contributed by atoms with E-state index in [-0.39, 0.29) is 18.4 Å². The Morgan fingerprint density at radius 3 is 2.66 bits per heavy atom. The van der Waals surface area contributed by atoms with Gasteiger partial charge < -0.3 is 29.4 Å². The van der Waals surface area contributed by atoms with Gasteiger partial charge in [-0.15, -0.1) is 0 Å². The molecule has 0 radical (unpaired) electrons. The number of amides is 2. The number of carbonyl (C=O) groups is 2. The molecule has 3 aromatic carbocycles. The number of nitrogens with zero attached hydrogens (tertiary/aromatic N) is 1. The minimum absolute atomic E-state index is 0.0508. The molecule has 8 heteroatoms. The molecular weight excluding hydrogens is 446 g/mol. The molecule has 5 rings (SSSR count). The van der Waals surface area contributed by atoms with Gasteiger partial charge in [0.1, 0.15) is 18.4 Å². The molecular formula is C27H25N3O5. The minimum atomic E-state index is -0.813. The van der Waals surface area contributed by atoms with Gasteiger partial charge in [0.05, 0.1) is 19.9 Å². The van der Waals surface area contributed by atoms with Gasteiger partial charge in [0.2, 0.25) is 0 Å². The van der Waals surface area contributed by atoms with Gasteiger partial charge in [-0.3, -0.25) is 9.59 Å². The highest BCUT2D eigenvalue weighted by molar-refractivity contribution is 6.06. The van der Waals surface area contributed by atoms with E-state index in [4.69, 9.17) is 14.2 Å². The summed E-state index contributed by atoms with van der Waals surface area (Å²) in [5.74, 6) is 1.27. The van der Waals surface area contributed by atoms with Gasteiger partial charge in [-0.2, -0.15) is 0 Å². The number of anilines is 1. The molecule has 178 valence electrons. The number of nitrogens with one attached hydrogen (secondary N) is 2. The molecule has 35 heavy (non-hydrogen) atoms. The van der Waals surface area contributed by atoms with Gasteiger partial charge in [-0.05, 0) is 48.0 Å². The Balaban J connectivity index is 1.42. The summed E-state index contributed by atoms with van der Waals surface area (Å²) in [6.07, 6.45) is 1.89. The molecule has 4 aromatic rings. The number of carbonyl (C=O) groups excluding carboxylic acids is 2. The first-order valence-corrected chi connectivity index (χ1v) is 11.1. The zero-order chi connectivity index (χ0) is 24.5. The number of likely N-dealkylation sites (N-methyl/N-ethyl adjacent to an activating group) is 1. The summed E-state index contributed by atoms with van der Waals surface area (Å²) in [6.45, 7) is 0.0508. The maximum Gasteiger partial charge on any atom is 0.252 e. The number of hydrogen-bond donors (Lipinski definition) is 2. The van der Waals surface area contributed by atoms with E-state index < -0.39 is 6.04 Å². The summed E-state index contributed by atoms with van der Waals surface area (Å²) in [4.78, 5) is 30.9. The maximum absolute atomic E-state index is 13.2. The van der Waals surface area contributed by atoms with E-state index >= 15 is 0 Å². The molecule has 0 saturated heterocycles. The van der Waals surface area contributed by atoms with E-state index in [0.29, 0.717) is 28.5 Å². The van der Waals surface area contributed by atoms with Crippen LogP contribution in [0.5, 0.6) is 17.2 Å². The molecule has 0 aliphatic carbocycles. The molecule has 8 nitrogen and oxygen atoms in total. The fraction of sp³-hybridized carbons (Fsp3) is 0.185. The number of benzene rings is 3. The Morgan fingerprint density at radius 1 is 1.06 bits per heavy atom. The molecule has 0 fully saturated rings. The predicted molar refractivity (Wildman–Crippen MR) is 133 cm³/mol. The molecule has 0 spiro atoms. The third-order valence-electron chi connectivity index (χ3n) is 6.20. The van der Waals surface area contributed by atoms with Crippen LogP contribution >= 0.6 is 0 Å². The van der Waals surface area contributed by atoms with Crippen molar-refractivity contribution in [3.8, 4) is 28.4 Å². The Morgan fingerprint density at radius 2 is 1.86 bits per heavy atom. The predicted octanol–water partition coefficient (Wildman–Crippen LogP) is 4.01. The molecule has 0 unspecified atom stereocenters. The van der Waals surface area contributed by atoms with E-state index in [1.165, 1.54) is 4.90 Å². The van der Waals surface area contributed by atoms with Crippen LogP contribution < -0.4 is 24.4 Å². The van der Waals surface area contributed by atoms with Gasteiger partial charge >= 0.3 is 0 Å². The van der Waals surface area contributed by atoms with E-state index in [1.54, 1.807) is 33.4 Å². The Labute approximate surface area is 202 Å². The molecule has 1 aliphatic heterocycles. The normalized spacial score (nSPS) is 15.2. The third-order valence-corrected chi connectivity index (χ3v) is 6.20. The number of para-hydroxylation sites is 2. The number of hydrogen-bond acceptors (Lipinski definition) is 5. The molecule has 2 N–H and O–H groups in total. The van der Waals surface area contributed by atoms with Crippen LogP contribution in [0.3, 0.4) is 0 Å². The zero-order valence-electron chi connectivity index (χ0n) is 19.6. The Bertz CT molecular complexity index is 1430. The largest absolute Gasteiger partial charge is 0.493 e. The van der Waals surface area contributed by atoms with E-state index in [1.807, 2.05) is 54.7 Å². The number of rotatable bonds is 5. The molecule has 1 atom stereocenters. The fourth-order valence-corrected chi connectivity index (χ4v) is 4.30. The first kappa shape index (κ1) is 22.3. The second kappa shape index (κ2) is 9.06. The zero-order valence-corrected chi connectivity index (χ0v) is 19.6. The number of fused-ring (bicyclic) bond motifs is 2. The van der Waals surface area contributed by atoms with E-state index in [0.717, 1.165) is 22.0 Å². The lowest BCUT2D eigenvalue weighted by molar-refractivity contribution is -0.120. The molecule has 0 saturated carbocycles. The number of aromatic nitrogens is 1. The third kappa shape index (κ3) is 4.03. The average molecular weight is 472 g/mol. The van der Waals surface area contributed by atoms with Crippen molar-refractivity contribution in [1.29, 1.82) is 0 Å². The molecule has 1 aliphatic rings. The number of H-pyrrole nitrogens is 1. The minimum Gasteiger partial charge on any atom is -0.493 e. The SMILES string of the molecule is COc1ccc(-c2c[nH]c3ccc(C(=O)N[C@H]4COc5ccccc5N(C)C4=O)cc23)cc1OC. The van der Waals surface area contributed by atoms with E-state index in [2.05, 4.69) is 10.3 Å². The lowest BCUT2D eigenvalue weighted by Gasteiger charge is -2.20. The summed E-state index contributed by atoms with van der Waals surface area (Å²) in [7, 11) is 4.86. The molecule has 1 aromatic heterocycles. The van der Waals surface area contributed by atoms with Crippen molar-refractivity contribution in [2.24, 2.45) is 0 Å². The van der Waals surface area contributed by atoms with Crippen molar-refractivity contribution in [3.05, 3.63) is 72.4 Å². The van der Waals surface area contributed by atoms with Crippen LogP contribution in [-0.2, 0) is 4.79 Å². The standard InChI is InChI=1S/C27H25N3O5/c1-30-22-6-4-5-7-23(22)35-15-21(27(30)32)29-26(31)17-8-10-20-18(12-17)19(14-28-20)16-9-11-24(33-2)25(13-16)34-3/h4-14,21,28H,15H2,1-3H3,(H,29,31)/t21-/m0/s1. The highest BCUT2D eigenvalue weighted by atomic mass is 16.5. The monoisotopic (exact) mass is 471 g/mol. The van der Waals surface area contributed by atoms with Crippen LogP contribution in [-0.4, -0.2) is 50.7 Å². The van der Waals surface area contributed by atoms with Gasteiger partial charge in [0.25, 0.3) is 11.8 Å². The second-order valence-electron chi connectivity index (χ2n) is 8.23. The van der Waals surface area contributed by atoms with Crippen LogP contribution in [0, 0.1) is 0 Å². The van der Waals surface area contributed by atoms with Gasteiger partial charge in [-0.1, -0.05) is 18.2 Å². The van der Waals surface area contributed by atoms with E-state index in [9.17, 15) is 9.59 Å². The van der Waals surface area contributed by atoms with Crippen molar-refractivity contribution in [2.75, 3.05) is 32.8 Å². The van der Waals surface area contributed by atoms with Crippen molar-refractivity contribution >= 4 is 28.4 Å². The van der Waals surface area contributed by atoms with Crippen molar-refractivity contribution in [2.45, 2.75) is 6.04 Å². The van der Waals surface area contributed by atoms with Crippen LogP contribution in [0.2, 0.25) is 0 Å². The number of methoxy groups -OCH3 is 2. The highest BCUT2D eigenvalue weighted by Gasteiger charge is 2.30. The molecule has 0 bridgehead atoms. The highest BCUT2D eigenvalue weighted by Crippen LogP contribution is 2.36. The Kier molecular flexibility index (Phi) is 5.78. The van der Waals surface area contributed by atoms with Gasteiger partial charge in [-0.25, -0.2) is 0 Å². The first-order chi connectivity index (χ1) is 17.0. The smallest absolute Gasteiger partial charge is 0.252 e. The van der Waals surface area contributed by atoms with Gasteiger partial charge in [0, 0.05) is 35.3 Å². The van der Waals surface area contributed by atoms with Crippen molar-refractivity contribution in [1.82, 2.24) is 10.3 Å². The number of ether oxygens (including phenoxy) is 3. The van der Waals surface area contributed by atoms with Crippen LogP contribution in [0.1, 0.15) is 10.4 Å². The van der Waals surface area contributed by atoms with Crippen molar-refractivity contribution in [3.63, 3.8) is 0 Å². The van der Waals surface area contributed by atoms with Gasteiger partial charge in [0.15, 0.2) is 11.5 Å². The quantitative estimate of drug-likeness (QED) is 0.459. The summed E-state index contributed by atoms with van der Waals surface area (Å²) in [5, 5.41) is 3.71. The topological polar surface area (TPSA) is 92.9 Å². The summed E-state index contributed by atoms with van der Waals surface area (Å²) in [6, 6.07) is 17.6. The lowest BCUT2D eigenvalue weighted by Crippen LogP contribution is -2.49. The van der Waals surface area contributed by atoms with Crippen LogP contribution in [0.4, 0.5) is 5.69 Å². The molecule has 2 heterocycles. The first-order valence-electron chi connectivity index (χ1n) is 11.1.